The minimum absolute atomic E-state index is 0.0905. The first kappa shape index (κ1) is 17.2. The first-order valence-electron chi connectivity index (χ1n) is 8.46. The fraction of sp³-hybridized carbons (Fsp3) is 0.158. The molecule has 0 spiro atoms. The van der Waals surface area contributed by atoms with Crippen molar-refractivity contribution < 1.29 is 9.72 Å². The van der Waals surface area contributed by atoms with Gasteiger partial charge in [-0.05, 0) is 30.7 Å². The molecule has 7 nitrogen and oxygen atoms in total. The second-order valence-corrected chi connectivity index (χ2v) is 6.59. The first-order chi connectivity index (χ1) is 13.0. The minimum Gasteiger partial charge on any atom is -0.310 e. The molecule has 2 aromatic carbocycles. The van der Waals surface area contributed by atoms with E-state index < -0.39 is 10.8 Å². The molecule has 0 radical (unpaired) electrons. The van der Waals surface area contributed by atoms with E-state index in [1.807, 2.05) is 29.2 Å². The summed E-state index contributed by atoms with van der Waals surface area (Å²) in [5.41, 5.74) is 2.45. The van der Waals surface area contributed by atoms with Crippen LogP contribution < -0.4 is 9.80 Å². The van der Waals surface area contributed by atoms with E-state index in [1.165, 1.54) is 18.2 Å². The molecule has 0 aliphatic carbocycles. The number of para-hydroxylation sites is 2. The highest BCUT2D eigenvalue weighted by atomic mass is 35.5. The molecule has 1 amide bonds. The Bertz CT molecular complexity index is 1030. The predicted octanol–water partition coefficient (Wildman–Crippen LogP) is 4.22. The predicted molar refractivity (Wildman–Crippen MR) is 105 cm³/mol. The van der Waals surface area contributed by atoms with Crippen molar-refractivity contribution in [2.75, 3.05) is 16.3 Å². The Hall–Kier alpha value is -3.19. The summed E-state index contributed by atoms with van der Waals surface area (Å²) in [7, 11) is 0. The van der Waals surface area contributed by atoms with E-state index >= 15 is 0 Å². The van der Waals surface area contributed by atoms with Crippen molar-refractivity contribution in [3.63, 3.8) is 0 Å². The highest BCUT2D eigenvalue weighted by Gasteiger charge is 2.41. The van der Waals surface area contributed by atoms with Crippen molar-refractivity contribution >= 4 is 46.6 Å². The molecule has 0 N–H and O–H groups in total. The Labute approximate surface area is 160 Å². The number of aliphatic imine (C=N–C) groups is 1. The Balaban J connectivity index is 1.83. The summed E-state index contributed by atoms with van der Waals surface area (Å²) < 4.78 is 0. The van der Waals surface area contributed by atoms with Crippen LogP contribution in [0.5, 0.6) is 0 Å². The Kier molecular flexibility index (Phi) is 4.16. The summed E-state index contributed by atoms with van der Waals surface area (Å²) in [6.07, 6.45) is 2.45. The van der Waals surface area contributed by atoms with Gasteiger partial charge in [0, 0.05) is 29.3 Å². The van der Waals surface area contributed by atoms with E-state index in [-0.39, 0.29) is 5.69 Å². The van der Waals surface area contributed by atoms with Gasteiger partial charge in [-0.15, -0.1) is 0 Å². The molecule has 0 aromatic heterocycles. The summed E-state index contributed by atoms with van der Waals surface area (Å²) in [4.78, 5) is 31.1. The van der Waals surface area contributed by atoms with Crippen molar-refractivity contribution in [1.29, 1.82) is 0 Å². The molecule has 8 heteroatoms. The van der Waals surface area contributed by atoms with Crippen LogP contribution in [-0.4, -0.2) is 23.3 Å². The third kappa shape index (κ3) is 2.76. The molecule has 2 aromatic rings. The fourth-order valence-corrected chi connectivity index (χ4v) is 3.45. The smallest absolute Gasteiger partial charge is 0.297 e. The number of hydrogen-bond donors (Lipinski definition) is 0. The fourth-order valence-electron chi connectivity index (χ4n) is 3.28. The quantitative estimate of drug-likeness (QED) is 0.449. The molecule has 0 saturated carbocycles. The Morgan fingerprint density at radius 1 is 1.22 bits per heavy atom. The van der Waals surface area contributed by atoms with Crippen LogP contribution in [0.4, 0.5) is 17.1 Å². The third-order valence-electron chi connectivity index (χ3n) is 4.45. The summed E-state index contributed by atoms with van der Waals surface area (Å²) in [6.45, 7) is 2.78. The van der Waals surface area contributed by atoms with Gasteiger partial charge in [-0.25, -0.2) is 0 Å². The van der Waals surface area contributed by atoms with Gasteiger partial charge < -0.3 is 4.90 Å². The standard InChI is InChI=1S/C19H15ClN4O3/c1-2-9-22-15-5-3-4-6-16(15)23-17(18(25)21-19(22)23)11-12-10-13(24(26)27)7-8-14(12)20/h3-8,10-11H,2,9H2,1H3. The van der Waals surface area contributed by atoms with Crippen LogP contribution >= 0.6 is 11.6 Å². The number of hydrogen-bond acceptors (Lipinski definition) is 5. The lowest BCUT2D eigenvalue weighted by atomic mass is 10.1. The molecule has 0 fully saturated rings. The zero-order valence-electron chi connectivity index (χ0n) is 14.4. The number of benzene rings is 2. The Morgan fingerprint density at radius 2 is 1.96 bits per heavy atom. The first-order valence-corrected chi connectivity index (χ1v) is 8.84. The maximum absolute atomic E-state index is 12.6. The van der Waals surface area contributed by atoms with E-state index in [0.717, 1.165) is 24.3 Å². The SMILES string of the molecule is CCCN1C2=NC(=O)C(=Cc3cc([N+](=O)[O-])ccc3Cl)N2c2ccccc21. The minimum atomic E-state index is -0.495. The second-order valence-electron chi connectivity index (χ2n) is 6.19. The van der Waals surface area contributed by atoms with Gasteiger partial charge in [0.25, 0.3) is 11.6 Å². The Morgan fingerprint density at radius 3 is 2.67 bits per heavy atom. The largest absolute Gasteiger partial charge is 0.310 e. The average molecular weight is 383 g/mol. The van der Waals surface area contributed by atoms with E-state index in [4.69, 9.17) is 11.6 Å². The van der Waals surface area contributed by atoms with Crippen molar-refractivity contribution in [1.82, 2.24) is 0 Å². The summed E-state index contributed by atoms with van der Waals surface area (Å²) >= 11 is 6.20. The molecule has 2 heterocycles. The number of halogens is 1. The lowest BCUT2D eigenvalue weighted by molar-refractivity contribution is -0.384. The highest BCUT2D eigenvalue weighted by molar-refractivity contribution is 6.33. The monoisotopic (exact) mass is 382 g/mol. The number of carbonyl (C=O) groups is 1. The maximum Gasteiger partial charge on any atom is 0.297 e. The number of nitro groups is 1. The van der Waals surface area contributed by atoms with Crippen molar-refractivity contribution in [2.45, 2.75) is 13.3 Å². The molecular weight excluding hydrogens is 368 g/mol. The molecule has 136 valence electrons. The van der Waals surface area contributed by atoms with Crippen molar-refractivity contribution in [2.24, 2.45) is 4.99 Å². The van der Waals surface area contributed by atoms with E-state index in [9.17, 15) is 14.9 Å². The van der Waals surface area contributed by atoms with E-state index in [1.54, 1.807) is 11.0 Å². The number of fused-ring (bicyclic) bond motifs is 3. The maximum atomic E-state index is 12.6. The van der Waals surface area contributed by atoms with Crippen LogP contribution in [-0.2, 0) is 4.79 Å². The number of carbonyl (C=O) groups excluding carboxylic acids is 1. The molecular formula is C19H15ClN4O3. The third-order valence-corrected chi connectivity index (χ3v) is 4.79. The number of guanidine groups is 1. The van der Waals surface area contributed by atoms with Crippen molar-refractivity contribution in [3.05, 3.63) is 68.9 Å². The summed E-state index contributed by atoms with van der Waals surface area (Å²) in [5, 5.41) is 11.4. The molecule has 0 unspecified atom stereocenters. The molecule has 27 heavy (non-hydrogen) atoms. The van der Waals surface area contributed by atoms with E-state index in [2.05, 4.69) is 11.9 Å². The van der Waals surface area contributed by atoms with Gasteiger partial charge in [0.2, 0.25) is 5.96 Å². The van der Waals surface area contributed by atoms with Gasteiger partial charge in [0.15, 0.2) is 0 Å². The summed E-state index contributed by atoms with van der Waals surface area (Å²) in [5.74, 6) is 0.152. The van der Waals surface area contributed by atoms with Crippen LogP contribution in [0, 0.1) is 10.1 Å². The average Bonchev–Trinajstić information content (AvgIpc) is 3.12. The van der Waals surface area contributed by atoms with Gasteiger partial charge >= 0.3 is 0 Å². The topological polar surface area (TPSA) is 79.0 Å². The van der Waals surface area contributed by atoms with Crippen LogP contribution in [0.15, 0.2) is 53.2 Å². The van der Waals surface area contributed by atoms with Gasteiger partial charge in [-0.1, -0.05) is 30.7 Å². The van der Waals surface area contributed by atoms with Gasteiger partial charge in [0.05, 0.1) is 16.3 Å². The van der Waals surface area contributed by atoms with Crippen LogP contribution in [0.2, 0.25) is 5.02 Å². The molecule has 2 aliphatic rings. The summed E-state index contributed by atoms with van der Waals surface area (Å²) in [6, 6.07) is 11.9. The zero-order valence-corrected chi connectivity index (χ0v) is 15.2. The zero-order chi connectivity index (χ0) is 19.1. The normalized spacial score (nSPS) is 16.6. The number of non-ortho nitro benzene ring substituents is 1. The number of nitro benzene ring substituents is 1. The van der Waals surface area contributed by atoms with Gasteiger partial charge in [0.1, 0.15) is 5.70 Å². The van der Waals surface area contributed by atoms with Crippen molar-refractivity contribution in [3.8, 4) is 0 Å². The molecule has 2 aliphatic heterocycles. The van der Waals surface area contributed by atoms with Crippen LogP contribution in [0.1, 0.15) is 18.9 Å². The molecule has 0 bridgehead atoms. The molecule has 4 rings (SSSR count). The second kappa shape index (κ2) is 6.51. The van der Waals surface area contributed by atoms with E-state index in [0.29, 0.717) is 22.2 Å². The molecule has 0 atom stereocenters. The number of nitrogens with zero attached hydrogens (tertiary/aromatic N) is 4. The highest BCUT2D eigenvalue weighted by Crippen LogP contribution is 2.42. The number of rotatable bonds is 4. The van der Waals surface area contributed by atoms with Crippen LogP contribution in [0.25, 0.3) is 6.08 Å². The lowest BCUT2D eigenvalue weighted by Crippen LogP contribution is -2.35. The number of anilines is 2. The molecule has 0 saturated heterocycles. The number of amides is 1. The van der Waals surface area contributed by atoms with Crippen LogP contribution in [0.3, 0.4) is 0 Å². The van der Waals surface area contributed by atoms with Gasteiger partial charge in [-0.2, -0.15) is 4.99 Å². The lowest BCUT2D eigenvalue weighted by Gasteiger charge is -2.18. The van der Waals surface area contributed by atoms with Gasteiger partial charge in [-0.3, -0.25) is 19.8 Å².